The van der Waals surface area contributed by atoms with Crippen molar-refractivity contribution >= 4 is 11.9 Å². The molecule has 0 bridgehead atoms. The van der Waals surface area contributed by atoms with Crippen LogP contribution in [0.15, 0.2) is 0 Å². The topological polar surface area (TPSA) is 75.6 Å². The Hall–Kier alpha value is -1.10. The van der Waals surface area contributed by atoms with E-state index in [2.05, 4.69) is 12.2 Å². The molecule has 20 heavy (non-hydrogen) atoms. The molecule has 2 N–H and O–H groups in total. The molecular formula is C15H27NO4. The van der Waals surface area contributed by atoms with Gasteiger partial charge >= 0.3 is 5.97 Å². The van der Waals surface area contributed by atoms with Gasteiger partial charge in [-0.25, -0.2) is 0 Å². The smallest absolute Gasteiger partial charge is 0.303 e. The van der Waals surface area contributed by atoms with E-state index in [1.54, 1.807) is 0 Å². The lowest BCUT2D eigenvalue weighted by atomic mass is 9.94. The molecule has 2 atom stereocenters. The van der Waals surface area contributed by atoms with Crippen LogP contribution in [0.4, 0.5) is 0 Å². The van der Waals surface area contributed by atoms with Gasteiger partial charge in [-0.1, -0.05) is 19.8 Å². The van der Waals surface area contributed by atoms with Gasteiger partial charge in [-0.3, -0.25) is 9.59 Å². The standard InChI is InChI=1S/C15H27NO4/c1-2-4-12(6-7-15(18)19)8-9-16-14(17)11-13-5-3-10-20-13/h12-13H,2-11H2,1H3,(H,16,17)(H,18,19). The van der Waals surface area contributed by atoms with E-state index in [1.807, 2.05) is 0 Å². The van der Waals surface area contributed by atoms with Gasteiger partial charge in [0.2, 0.25) is 5.91 Å². The van der Waals surface area contributed by atoms with Gasteiger partial charge in [0, 0.05) is 19.6 Å². The van der Waals surface area contributed by atoms with Gasteiger partial charge in [0.25, 0.3) is 0 Å². The Kier molecular flexibility index (Phi) is 8.26. The molecule has 0 radical (unpaired) electrons. The summed E-state index contributed by atoms with van der Waals surface area (Å²) in [7, 11) is 0. The summed E-state index contributed by atoms with van der Waals surface area (Å²) in [6, 6.07) is 0. The predicted molar refractivity (Wildman–Crippen MR) is 76.5 cm³/mol. The minimum absolute atomic E-state index is 0.0467. The number of amides is 1. The van der Waals surface area contributed by atoms with Crippen LogP contribution in [0.3, 0.4) is 0 Å². The highest BCUT2D eigenvalue weighted by Crippen LogP contribution is 2.18. The Balaban J connectivity index is 2.14. The number of carbonyl (C=O) groups is 2. The normalized spacial score (nSPS) is 19.8. The number of carbonyl (C=O) groups excluding carboxylic acids is 1. The second-order valence-corrected chi connectivity index (χ2v) is 5.56. The summed E-state index contributed by atoms with van der Waals surface area (Å²) in [6.45, 7) is 3.51. The van der Waals surface area contributed by atoms with E-state index < -0.39 is 5.97 Å². The first kappa shape index (κ1) is 17.0. The largest absolute Gasteiger partial charge is 0.481 e. The van der Waals surface area contributed by atoms with Gasteiger partial charge < -0.3 is 15.2 Å². The number of aliphatic carboxylic acids is 1. The van der Waals surface area contributed by atoms with Gasteiger partial charge in [-0.2, -0.15) is 0 Å². The molecule has 2 unspecified atom stereocenters. The van der Waals surface area contributed by atoms with Crippen molar-refractivity contribution in [3.8, 4) is 0 Å². The van der Waals surface area contributed by atoms with Gasteiger partial charge in [0.1, 0.15) is 0 Å². The van der Waals surface area contributed by atoms with Crippen LogP contribution in [0.25, 0.3) is 0 Å². The van der Waals surface area contributed by atoms with Crippen molar-refractivity contribution in [1.82, 2.24) is 5.32 Å². The zero-order valence-corrected chi connectivity index (χ0v) is 12.4. The first-order valence-corrected chi connectivity index (χ1v) is 7.72. The summed E-state index contributed by atoms with van der Waals surface area (Å²) >= 11 is 0. The van der Waals surface area contributed by atoms with Crippen LogP contribution in [0.5, 0.6) is 0 Å². The van der Waals surface area contributed by atoms with Crippen LogP contribution < -0.4 is 5.32 Å². The molecule has 1 aliphatic heterocycles. The van der Waals surface area contributed by atoms with Crippen LogP contribution in [-0.2, 0) is 14.3 Å². The molecule has 1 fully saturated rings. The molecule has 1 saturated heterocycles. The first-order valence-electron chi connectivity index (χ1n) is 7.72. The Labute approximate surface area is 121 Å². The highest BCUT2D eigenvalue weighted by atomic mass is 16.5. The summed E-state index contributed by atoms with van der Waals surface area (Å²) in [4.78, 5) is 22.3. The van der Waals surface area contributed by atoms with Crippen LogP contribution in [0.1, 0.15) is 58.3 Å². The molecule has 1 heterocycles. The van der Waals surface area contributed by atoms with Crippen molar-refractivity contribution in [1.29, 1.82) is 0 Å². The third-order valence-corrected chi connectivity index (χ3v) is 3.78. The fourth-order valence-corrected chi connectivity index (χ4v) is 2.67. The van der Waals surface area contributed by atoms with E-state index in [4.69, 9.17) is 9.84 Å². The van der Waals surface area contributed by atoms with Crippen molar-refractivity contribution in [2.24, 2.45) is 5.92 Å². The molecule has 116 valence electrons. The van der Waals surface area contributed by atoms with E-state index in [9.17, 15) is 9.59 Å². The van der Waals surface area contributed by atoms with Crippen LogP contribution in [0.2, 0.25) is 0 Å². The quantitative estimate of drug-likeness (QED) is 0.646. The Morgan fingerprint density at radius 2 is 2.15 bits per heavy atom. The average molecular weight is 285 g/mol. The van der Waals surface area contributed by atoms with Crippen molar-refractivity contribution in [2.45, 2.75) is 64.4 Å². The van der Waals surface area contributed by atoms with Gasteiger partial charge in [0.15, 0.2) is 0 Å². The zero-order chi connectivity index (χ0) is 14.8. The second kappa shape index (κ2) is 9.75. The van der Waals surface area contributed by atoms with Crippen LogP contribution in [0, 0.1) is 5.92 Å². The fraction of sp³-hybridized carbons (Fsp3) is 0.867. The Morgan fingerprint density at radius 3 is 2.75 bits per heavy atom. The Bertz CT molecular complexity index is 300. The molecule has 0 spiro atoms. The van der Waals surface area contributed by atoms with Gasteiger partial charge in [-0.15, -0.1) is 0 Å². The third-order valence-electron chi connectivity index (χ3n) is 3.78. The maximum Gasteiger partial charge on any atom is 0.303 e. The van der Waals surface area contributed by atoms with E-state index in [0.29, 0.717) is 25.3 Å². The van der Waals surface area contributed by atoms with Crippen LogP contribution in [-0.4, -0.2) is 36.2 Å². The van der Waals surface area contributed by atoms with E-state index in [-0.39, 0.29) is 18.4 Å². The SMILES string of the molecule is CCCC(CCNC(=O)CC1CCCO1)CCC(=O)O. The maximum atomic E-state index is 11.7. The van der Waals surface area contributed by atoms with E-state index >= 15 is 0 Å². The maximum absolute atomic E-state index is 11.7. The number of ether oxygens (including phenoxy) is 1. The molecule has 0 aromatic rings. The summed E-state index contributed by atoms with van der Waals surface area (Å²) < 4.78 is 5.43. The predicted octanol–water partition coefficient (Wildman–Crippen LogP) is 2.34. The highest BCUT2D eigenvalue weighted by molar-refractivity contribution is 5.76. The third kappa shape index (κ3) is 7.48. The summed E-state index contributed by atoms with van der Waals surface area (Å²) in [5.74, 6) is -0.307. The lowest BCUT2D eigenvalue weighted by Gasteiger charge is -2.16. The van der Waals surface area contributed by atoms with Gasteiger partial charge in [-0.05, 0) is 31.6 Å². The lowest BCUT2D eigenvalue weighted by Crippen LogP contribution is -2.29. The number of carboxylic acid groups (broad SMARTS) is 1. The molecule has 5 heteroatoms. The zero-order valence-electron chi connectivity index (χ0n) is 12.4. The van der Waals surface area contributed by atoms with Crippen molar-refractivity contribution in [2.75, 3.05) is 13.2 Å². The number of hydrogen-bond acceptors (Lipinski definition) is 3. The number of hydrogen-bond donors (Lipinski definition) is 2. The van der Waals surface area contributed by atoms with Crippen LogP contribution >= 0.6 is 0 Å². The highest BCUT2D eigenvalue weighted by Gasteiger charge is 2.19. The lowest BCUT2D eigenvalue weighted by molar-refractivity contribution is -0.137. The van der Waals surface area contributed by atoms with Crippen molar-refractivity contribution < 1.29 is 19.4 Å². The molecule has 1 aliphatic rings. The number of carboxylic acids is 1. The summed E-state index contributed by atoms with van der Waals surface area (Å²) in [5, 5.41) is 11.6. The monoisotopic (exact) mass is 285 g/mol. The minimum Gasteiger partial charge on any atom is -0.481 e. The van der Waals surface area contributed by atoms with Gasteiger partial charge in [0.05, 0.1) is 12.5 Å². The molecular weight excluding hydrogens is 258 g/mol. The van der Waals surface area contributed by atoms with E-state index in [0.717, 1.165) is 38.7 Å². The second-order valence-electron chi connectivity index (χ2n) is 5.56. The molecule has 0 aliphatic carbocycles. The minimum atomic E-state index is -0.742. The first-order chi connectivity index (χ1) is 9.61. The molecule has 1 rings (SSSR count). The molecule has 0 saturated carbocycles. The van der Waals surface area contributed by atoms with Crippen molar-refractivity contribution in [3.05, 3.63) is 0 Å². The van der Waals surface area contributed by atoms with E-state index in [1.165, 1.54) is 0 Å². The molecule has 5 nitrogen and oxygen atoms in total. The summed E-state index contributed by atoms with van der Waals surface area (Å²) in [6.07, 6.45) is 6.42. The molecule has 0 aromatic carbocycles. The average Bonchev–Trinajstić information content (AvgIpc) is 2.88. The number of rotatable bonds is 10. The Morgan fingerprint density at radius 1 is 1.35 bits per heavy atom. The van der Waals surface area contributed by atoms with Crippen molar-refractivity contribution in [3.63, 3.8) is 0 Å². The summed E-state index contributed by atoms with van der Waals surface area (Å²) in [5.41, 5.74) is 0. The molecule has 0 aromatic heterocycles. The molecule has 1 amide bonds. The fourth-order valence-electron chi connectivity index (χ4n) is 2.67. The number of nitrogens with one attached hydrogen (secondary N) is 1.